The van der Waals surface area contributed by atoms with E-state index in [4.69, 9.17) is 15.3 Å². The van der Waals surface area contributed by atoms with Gasteiger partial charge < -0.3 is 15.3 Å². The topological polar surface area (TPSA) is 77.8 Å². The molecule has 0 radical (unpaired) electrons. The van der Waals surface area contributed by atoms with E-state index in [1.807, 2.05) is 0 Å². The zero-order chi connectivity index (χ0) is 9.02. The van der Waals surface area contributed by atoms with Crippen LogP contribution < -0.4 is 0 Å². The summed E-state index contributed by atoms with van der Waals surface area (Å²) in [5.74, 6) is -0.460. The fraction of sp³-hybridized carbons (Fsp3) is 0.857. The van der Waals surface area contributed by atoms with Gasteiger partial charge in [0.25, 0.3) is 0 Å². The average molecular weight is 162 g/mol. The highest BCUT2D eigenvalue weighted by Gasteiger charge is 2.25. The molecule has 0 fully saturated rings. The molecular weight excluding hydrogens is 148 g/mol. The molecule has 0 aromatic carbocycles. The van der Waals surface area contributed by atoms with Crippen molar-refractivity contribution in [2.24, 2.45) is 0 Å². The van der Waals surface area contributed by atoms with E-state index in [-0.39, 0.29) is 6.42 Å². The van der Waals surface area contributed by atoms with E-state index in [2.05, 4.69) is 0 Å². The standard InChI is InChI=1S/C7H14O4/c1-3-5(9)7(11)6(10)4(2)8/h4,6-8,10-11H,3H2,1-2H3/t4-,6+,7+/m0/s1. The quantitative estimate of drug-likeness (QED) is 0.499. The van der Waals surface area contributed by atoms with Crippen LogP contribution in [0.3, 0.4) is 0 Å². The Morgan fingerprint density at radius 2 is 1.82 bits per heavy atom. The van der Waals surface area contributed by atoms with Crippen LogP contribution >= 0.6 is 0 Å². The van der Waals surface area contributed by atoms with Crippen molar-refractivity contribution in [3.63, 3.8) is 0 Å². The molecule has 3 atom stereocenters. The Morgan fingerprint density at radius 1 is 1.36 bits per heavy atom. The molecule has 0 heterocycles. The lowest BCUT2D eigenvalue weighted by molar-refractivity contribution is -0.137. The summed E-state index contributed by atoms with van der Waals surface area (Å²) in [5.41, 5.74) is 0. The molecule has 0 aliphatic carbocycles. The Kier molecular flexibility index (Phi) is 4.25. The number of Topliss-reactive ketones (excluding diaryl/α,β-unsaturated/α-hetero) is 1. The fourth-order valence-corrected chi connectivity index (χ4v) is 0.663. The van der Waals surface area contributed by atoms with E-state index < -0.39 is 24.1 Å². The zero-order valence-electron chi connectivity index (χ0n) is 6.69. The molecule has 0 aromatic heterocycles. The van der Waals surface area contributed by atoms with E-state index in [0.717, 1.165) is 0 Å². The molecule has 0 aliphatic rings. The number of ketones is 1. The SMILES string of the molecule is CCC(=O)[C@@H](O)[C@H](O)[C@H](C)O. The monoisotopic (exact) mass is 162 g/mol. The van der Waals surface area contributed by atoms with Gasteiger partial charge in [-0.05, 0) is 6.92 Å². The number of hydrogen-bond acceptors (Lipinski definition) is 4. The minimum Gasteiger partial charge on any atom is -0.391 e. The first-order chi connectivity index (χ1) is 5.00. The summed E-state index contributed by atoms with van der Waals surface area (Å²) in [5, 5.41) is 26.7. The van der Waals surface area contributed by atoms with Gasteiger partial charge in [-0.3, -0.25) is 4.79 Å². The Labute approximate surface area is 65.5 Å². The van der Waals surface area contributed by atoms with E-state index in [9.17, 15) is 4.79 Å². The maximum atomic E-state index is 10.7. The molecule has 0 amide bonds. The molecular formula is C7H14O4. The van der Waals surface area contributed by atoms with Crippen molar-refractivity contribution in [2.45, 2.75) is 38.6 Å². The van der Waals surface area contributed by atoms with Crippen LogP contribution in [-0.2, 0) is 4.79 Å². The maximum absolute atomic E-state index is 10.7. The summed E-state index contributed by atoms with van der Waals surface area (Å²) in [6.45, 7) is 2.90. The van der Waals surface area contributed by atoms with Gasteiger partial charge in [0, 0.05) is 6.42 Å². The zero-order valence-corrected chi connectivity index (χ0v) is 6.69. The molecule has 4 nitrogen and oxygen atoms in total. The van der Waals surface area contributed by atoms with Gasteiger partial charge in [-0.15, -0.1) is 0 Å². The minimum atomic E-state index is -1.46. The van der Waals surface area contributed by atoms with Gasteiger partial charge in [-0.2, -0.15) is 0 Å². The number of carbonyl (C=O) groups excluding carboxylic acids is 1. The predicted octanol–water partition coefficient (Wildman–Crippen LogP) is -0.932. The van der Waals surface area contributed by atoms with Crippen molar-refractivity contribution in [3.05, 3.63) is 0 Å². The number of rotatable bonds is 4. The lowest BCUT2D eigenvalue weighted by Gasteiger charge is -2.18. The minimum absolute atomic E-state index is 0.158. The van der Waals surface area contributed by atoms with Crippen molar-refractivity contribution >= 4 is 5.78 Å². The Bertz CT molecular complexity index is 132. The smallest absolute Gasteiger partial charge is 0.163 e. The van der Waals surface area contributed by atoms with Gasteiger partial charge in [-0.1, -0.05) is 6.92 Å². The maximum Gasteiger partial charge on any atom is 0.163 e. The molecule has 0 spiro atoms. The molecule has 4 heteroatoms. The van der Waals surface area contributed by atoms with Crippen LogP contribution in [0, 0.1) is 0 Å². The summed E-state index contributed by atoms with van der Waals surface area (Å²) in [6.07, 6.45) is -3.76. The van der Waals surface area contributed by atoms with Gasteiger partial charge in [0.1, 0.15) is 12.2 Å². The largest absolute Gasteiger partial charge is 0.391 e. The van der Waals surface area contributed by atoms with Gasteiger partial charge in [-0.25, -0.2) is 0 Å². The Balaban J connectivity index is 4.01. The van der Waals surface area contributed by atoms with Crippen LogP contribution in [0.4, 0.5) is 0 Å². The normalized spacial score (nSPS) is 19.0. The summed E-state index contributed by atoms with van der Waals surface area (Å²) in [4.78, 5) is 10.7. The molecule has 66 valence electrons. The second kappa shape index (κ2) is 4.43. The van der Waals surface area contributed by atoms with Crippen molar-refractivity contribution < 1.29 is 20.1 Å². The molecule has 0 saturated carbocycles. The second-order valence-electron chi connectivity index (χ2n) is 2.50. The van der Waals surface area contributed by atoms with E-state index in [1.54, 1.807) is 6.92 Å². The summed E-state index contributed by atoms with van der Waals surface area (Å²) < 4.78 is 0. The number of aliphatic hydroxyl groups is 3. The molecule has 0 unspecified atom stereocenters. The summed E-state index contributed by atoms with van der Waals surface area (Å²) >= 11 is 0. The lowest BCUT2D eigenvalue weighted by atomic mass is 10.0. The molecule has 11 heavy (non-hydrogen) atoms. The first-order valence-electron chi connectivity index (χ1n) is 3.57. The van der Waals surface area contributed by atoms with Crippen molar-refractivity contribution in [2.75, 3.05) is 0 Å². The van der Waals surface area contributed by atoms with Gasteiger partial charge in [0.05, 0.1) is 6.10 Å². The number of hydrogen-bond donors (Lipinski definition) is 3. The van der Waals surface area contributed by atoms with Crippen molar-refractivity contribution in [1.82, 2.24) is 0 Å². The van der Waals surface area contributed by atoms with E-state index in [0.29, 0.717) is 0 Å². The van der Waals surface area contributed by atoms with Gasteiger partial charge in [0.2, 0.25) is 0 Å². The van der Waals surface area contributed by atoms with Gasteiger partial charge in [0.15, 0.2) is 5.78 Å². The van der Waals surface area contributed by atoms with Crippen molar-refractivity contribution in [3.8, 4) is 0 Å². The average Bonchev–Trinajstić information content (AvgIpc) is 2.00. The third-order valence-corrected chi connectivity index (χ3v) is 1.50. The lowest BCUT2D eigenvalue weighted by Crippen LogP contribution is -2.40. The molecule has 0 rings (SSSR count). The predicted molar refractivity (Wildman–Crippen MR) is 39.0 cm³/mol. The van der Waals surface area contributed by atoms with Crippen LogP contribution in [0.5, 0.6) is 0 Å². The van der Waals surface area contributed by atoms with E-state index in [1.165, 1.54) is 6.92 Å². The van der Waals surface area contributed by atoms with Crippen LogP contribution in [0.25, 0.3) is 0 Å². The van der Waals surface area contributed by atoms with Gasteiger partial charge >= 0.3 is 0 Å². The van der Waals surface area contributed by atoms with Crippen molar-refractivity contribution in [1.29, 1.82) is 0 Å². The highest BCUT2D eigenvalue weighted by Crippen LogP contribution is 2.02. The number of aliphatic hydroxyl groups excluding tert-OH is 3. The highest BCUT2D eigenvalue weighted by molar-refractivity contribution is 5.83. The third kappa shape index (κ3) is 2.96. The molecule has 0 saturated heterocycles. The number of carbonyl (C=O) groups is 1. The van der Waals surface area contributed by atoms with Crippen LogP contribution in [0.1, 0.15) is 20.3 Å². The summed E-state index contributed by atoms with van der Waals surface area (Å²) in [7, 11) is 0. The Morgan fingerprint density at radius 3 is 2.09 bits per heavy atom. The second-order valence-corrected chi connectivity index (χ2v) is 2.50. The summed E-state index contributed by atoms with van der Waals surface area (Å²) in [6, 6.07) is 0. The van der Waals surface area contributed by atoms with Crippen LogP contribution in [-0.4, -0.2) is 39.4 Å². The molecule has 3 N–H and O–H groups in total. The third-order valence-electron chi connectivity index (χ3n) is 1.50. The van der Waals surface area contributed by atoms with E-state index >= 15 is 0 Å². The highest BCUT2D eigenvalue weighted by atomic mass is 16.4. The molecule has 0 aromatic rings. The first-order valence-corrected chi connectivity index (χ1v) is 3.57. The molecule has 0 aliphatic heterocycles. The van der Waals surface area contributed by atoms with Crippen LogP contribution in [0.15, 0.2) is 0 Å². The fourth-order valence-electron chi connectivity index (χ4n) is 0.663. The van der Waals surface area contributed by atoms with Crippen LogP contribution in [0.2, 0.25) is 0 Å². The first kappa shape index (κ1) is 10.6. The molecule has 0 bridgehead atoms. The Hall–Kier alpha value is -0.450.